The third-order valence-electron chi connectivity index (χ3n) is 4.35. The molecule has 0 radical (unpaired) electrons. The van der Waals surface area contributed by atoms with E-state index < -0.39 is 0 Å². The Morgan fingerprint density at radius 3 is 2.65 bits per heavy atom. The van der Waals surface area contributed by atoms with Crippen molar-refractivity contribution in [1.82, 2.24) is 0 Å². The van der Waals surface area contributed by atoms with Crippen molar-refractivity contribution in [1.29, 1.82) is 0 Å². The fourth-order valence-corrected chi connectivity index (χ4v) is 3.57. The van der Waals surface area contributed by atoms with Crippen LogP contribution in [-0.4, -0.2) is 25.5 Å². The fraction of sp³-hybridized carbons (Fsp3) is 0.316. The molecule has 23 heavy (non-hydrogen) atoms. The topological polar surface area (TPSA) is 24.8 Å². The maximum absolute atomic E-state index is 12.8. The van der Waals surface area contributed by atoms with Gasteiger partial charge in [-0.05, 0) is 37.1 Å². The van der Waals surface area contributed by atoms with Crippen molar-refractivity contribution in [2.45, 2.75) is 25.9 Å². The highest BCUT2D eigenvalue weighted by molar-refractivity contribution is 9.10. The number of benzene rings is 2. The molecule has 0 aromatic heterocycles. The van der Waals surface area contributed by atoms with Crippen LogP contribution in [0, 0.1) is 0 Å². The molecule has 0 aliphatic carbocycles. The van der Waals surface area contributed by atoms with Gasteiger partial charge in [0, 0.05) is 21.8 Å². The van der Waals surface area contributed by atoms with Gasteiger partial charge in [0.15, 0.2) is 6.54 Å². The van der Waals surface area contributed by atoms with Crippen molar-refractivity contribution >= 4 is 27.5 Å². The van der Waals surface area contributed by atoms with E-state index >= 15 is 0 Å². The minimum atomic E-state index is 0.206. The van der Waals surface area contributed by atoms with Crippen LogP contribution in [0.1, 0.15) is 18.1 Å². The Morgan fingerprint density at radius 1 is 1.22 bits per heavy atom. The Labute approximate surface area is 146 Å². The number of hydrogen-bond donors (Lipinski definition) is 1. The van der Waals surface area contributed by atoms with E-state index in [1.165, 1.54) is 16.0 Å². The van der Waals surface area contributed by atoms with Gasteiger partial charge in [0.2, 0.25) is 0 Å². The van der Waals surface area contributed by atoms with Crippen LogP contribution in [-0.2, 0) is 17.8 Å². The first kappa shape index (κ1) is 16.2. The molecule has 2 atom stereocenters. The lowest BCUT2D eigenvalue weighted by Gasteiger charge is -2.24. The second-order valence-electron chi connectivity index (χ2n) is 6.38. The molecule has 0 saturated carbocycles. The van der Waals surface area contributed by atoms with E-state index in [4.69, 9.17) is 0 Å². The molecular weight excluding hydrogens is 352 g/mol. The number of hydrogen-bond acceptors (Lipinski definition) is 1. The number of halogens is 1. The van der Waals surface area contributed by atoms with Gasteiger partial charge in [-0.25, -0.2) is 0 Å². The summed E-state index contributed by atoms with van der Waals surface area (Å²) in [5.74, 6) is 0.206. The standard InChI is InChI=1S/C19H21BrN2O/c1-14-11-16-5-3-4-6-18(16)22(14)19(23)13-21(2)12-15-7-9-17(20)10-8-15/h3-10,14H,11-13H2,1-2H3/p+1/t14-/m1/s1. The minimum Gasteiger partial charge on any atom is -0.326 e. The van der Waals surface area contributed by atoms with Crippen molar-refractivity contribution in [3.05, 3.63) is 64.1 Å². The fourth-order valence-electron chi connectivity index (χ4n) is 3.30. The number of fused-ring (bicyclic) bond motifs is 1. The average molecular weight is 374 g/mol. The number of amides is 1. The summed E-state index contributed by atoms with van der Waals surface area (Å²) in [5.41, 5.74) is 3.61. The van der Waals surface area contributed by atoms with E-state index in [1.54, 1.807) is 0 Å². The molecule has 4 heteroatoms. The zero-order chi connectivity index (χ0) is 16.4. The molecule has 0 bridgehead atoms. The van der Waals surface area contributed by atoms with E-state index in [2.05, 4.69) is 54.2 Å². The number of anilines is 1. The predicted octanol–water partition coefficient (Wildman–Crippen LogP) is 2.44. The molecule has 1 unspecified atom stereocenters. The molecule has 1 N–H and O–H groups in total. The van der Waals surface area contributed by atoms with Crippen LogP contribution in [0.25, 0.3) is 0 Å². The quantitative estimate of drug-likeness (QED) is 0.874. The maximum atomic E-state index is 12.8. The van der Waals surface area contributed by atoms with Crippen molar-refractivity contribution < 1.29 is 9.69 Å². The van der Waals surface area contributed by atoms with Gasteiger partial charge in [-0.1, -0.05) is 46.3 Å². The molecule has 1 aliphatic heterocycles. The zero-order valence-electron chi connectivity index (χ0n) is 13.6. The number of nitrogens with one attached hydrogen (secondary N) is 1. The first-order valence-electron chi connectivity index (χ1n) is 8.00. The summed E-state index contributed by atoms with van der Waals surface area (Å²) < 4.78 is 1.08. The molecule has 0 spiro atoms. The lowest BCUT2D eigenvalue weighted by Crippen LogP contribution is -3.09. The molecule has 0 fully saturated rings. The van der Waals surface area contributed by atoms with Gasteiger partial charge < -0.3 is 9.80 Å². The first-order valence-corrected chi connectivity index (χ1v) is 8.79. The first-order chi connectivity index (χ1) is 11.0. The monoisotopic (exact) mass is 373 g/mol. The molecule has 3 rings (SSSR count). The van der Waals surface area contributed by atoms with Crippen molar-refractivity contribution in [2.75, 3.05) is 18.5 Å². The summed E-state index contributed by atoms with van der Waals surface area (Å²) in [4.78, 5) is 15.9. The lowest BCUT2D eigenvalue weighted by molar-refractivity contribution is -0.885. The summed E-state index contributed by atoms with van der Waals surface area (Å²) in [7, 11) is 2.08. The van der Waals surface area contributed by atoms with Gasteiger partial charge in [0.1, 0.15) is 6.54 Å². The van der Waals surface area contributed by atoms with Gasteiger partial charge in [-0.3, -0.25) is 4.79 Å². The lowest BCUT2D eigenvalue weighted by atomic mass is 10.1. The van der Waals surface area contributed by atoms with Crippen LogP contribution in [0.3, 0.4) is 0 Å². The summed E-state index contributed by atoms with van der Waals surface area (Å²) in [6.07, 6.45) is 0.952. The normalized spacial score (nSPS) is 17.9. The Morgan fingerprint density at radius 2 is 1.91 bits per heavy atom. The smallest absolute Gasteiger partial charge is 0.282 e. The van der Waals surface area contributed by atoms with Gasteiger partial charge in [0.05, 0.1) is 7.05 Å². The van der Waals surface area contributed by atoms with E-state index in [-0.39, 0.29) is 11.9 Å². The maximum Gasteiger partial charge on any atom is 0.282 e. The van der Waals surface area contributed by atoms with Crippen LogP contribution in [0.4, 0.5) is 5.69 Å². The summed E-state index contributed by atoms with van der Waals surface area (Å²) >= 11 is 3.45. The summed E-state index contributed by atoms with van der Waals surface area (Å²) in [5, 5.41) is 0. The van der Waals surface area contributed by atoms with E-state index in [1.807, 2.05) is 29.2 Å². The summed E-state index contributed by atoms with van der Waals surface area (Å²) in [6, 6.07) is 16.8. The van der Waals surface area contributed by atoms with Gasteiger partial charge in [-0.15, -0.1) is 0 Å². The molecule has 2 aromatic rings. The molecule has 3 nitrogen and oxygen atoms in total. The largest absolute Gasteiger partial charge is 0.326 e. The number of carbonyl (C=O) groups excluding carboxylic acids is 1. The zero-order valence-corrected chi connectivity index (χ0v) is 15.1. The van der Waals surface area contributed by atoms with Crippen LogP contribution >= 0.6 is 15.9 Å². The molecule has 120 valence electrons. The highest BCUT2D eigenvalue weighted by Crippen LogP contribution is 2.31. The number of para-hydroxylation sites is 1. The average Bonchev–Trinajstić information content (AvgIpc) is 2.85. The second kappa shape index (κ2) is 6.85. The molecule has 1 heterocycles. The van der Waals surface area contributed by atoms with Crippen LogP contribution in [0.5, 0.6) is 0 Å². The van der Waals surface area contributed by atoms with Crippen molar-refractivity contribution in [3.8, 4) is 0 Å². The van der Waals surface area contributed by atoms with E-state index in [0.717, 1.165) is 23.1 Å². The number of likely N-dealkylation sites (N-methyl/N-ethyl adjacent to an activating group) is 1. The van der Waals surface area contributed by atoms with Crippen LogP contribution in [0.15, 0.2) is 53.0 Å². The molecule has 2 aromatic carbocycles. The Hall–Kier alpha value is -1.65. The highest BCUT2D eigenvalue weighted by Gasteiger charge is 2.31. The number of quaternary nitrogens is 1. The van der Waals surface area contributed by atoms with Crippen molar-refractivity contribution in [3.63, 3.8) is 0 Å². The third-order valence-corrected chi connectivity index (χ3v) is 4.88. The van der Waals surface area contributed by atoms with Crippen LogP contribution < -0.4 is 9.80 Å². The second-order valence-corrected chi connectivity index (χ2v) is 7.30. The Balaban J connectivity index is 1.66. The Bertz CT molecular complexity index is 699. The van der Waals surface area contributed by atoms with Crippen LogP contribution in [0.2, 0.25) is 0 Å². The van der Waals surface area contributed by atoms with Gasteiger partial charge in [-0.2, -0.15) is 0 Å². The Kier molecular flexibility index (Phi) is 4.83. The molecular formula is C19H22BrN2O+. The van der Waals surface area contributed by atoms with Crippen molar-refractivity contribution in [2.24, 2.45) is 0 Å². The number of nitrogens with zero attached hydrogens (tertiary/aromatic N) is 1. The van der Waals surface area contributed by atoms with E-state index in [9.17, 15) is 4.79 Å². The molecule has 1 amide bonds. The predicted molar refractivity (Wildman–Crippen MR) is 96.7 cm³/mol. The third kappa shape index (κ3) is 3.65. The SMILES string of the molecule is C[C@@H]1Cc2ccccc2N1C(=O)C[NH+](C)Cc1ccc(Br)cc1. The summed E-state index contributed by atoms with van der Waals surface area (Å²) in [6.45, 7) is 3.49. The minimum absolute atomic E-state index is 0.206. The number of rotatable bonds is 4. The molecule has 0 saturated heterocycles. The van der Waals surface area contributed by atoms with Gasteiger partial charge >= 0.3 is 0 Å². The van der Waals surface area contributed by atoms with Gasteiger partial charge in [0.25, 0.3) is 5.91 Å². The molecule has 1 aliphatic rings. The highest BCUT2D eigenvalue weighted by atomic mass is 79.9. The number of carbonyl (C=O) groups is 1. The van der Waals surface area contributed by atoms with E-state index in [0.29, 0.717) is 6.54 Å².